The van der Waals surface area contributed by atoms with Crippen LogP contribution in [0.25, 0.3) is 0 Å². The van der Waals surface area contributed by atoms with E-state index in [0.29, 0.717) is 0 Å². The van der Waals surface area contributed by atoms with Gasteiger partial charge in [-0.1, -0.05) is 97.3 Å². The molecule has 0 N–H and O–H groups in total. The Morgan fingerprint density at radius 3 is 1.62 bits per heavy atom. The fourth-order valence-corrected chi connectivity index (χ4v) is 6.96. The summed E-state index contributed by atoms with van der Waals surface area (Å²) in [5.41, 5.74) is 0.724. The first-order valence-corrected chi connectivity index (χ1v) is 12.7. The number of fused-ring (bicyclic) bond motifs is 12. The summed E-state index contributed by atoms with van der Waals surface area (Å²) < 4.78 is 0. The van der Waals surface area contributed by atoms with Crippen LogP contribution in [-0.2, 0) is 0 Å². The van der Waals surface area contributed by atoms with Crippen molar-refractivity contribution in [2.45, 2.75) is 136 Å². The summed E-state index contributed by atoms with van der Waals surface area (Å²) in [6.07, 6.45) is 29.2. The normalized spacial score (nSPS) is 40.8. The summed E-state index contributed by atoms with van der Waals surface area (Å²) in [6.45, 7) is 4.98. The van der Waals surface area contributed by atoms with Crippen LogP contribution in [0.4, 0.5) is 0 Å². The Hall–Kier alpha value is 0. The van der Waals surface area contributed by atoms with Gasteiger partial charge in [0, 0.05) is 0 Å². The standard InChI is InChI=1S/C26H48/c1-3-18-26-19-6-11-23-12-14-24(16-20-26)9-4-7-22(2)8-5-10-25(15-13-23)17-21-26/h22-25H,3-21H2,1-2H3. The maximum absolute atomic E-state index is 2.53. The van der Waals surface area contributed by atoms with Crippen LogP contribution in [0.3, 0.4) is 0 Å². The highest BCUT2D eigenvalue weighted by Gasteiger charge is 2.33. The third-order valence-electron chi connectivity index (χ3n) is 8.85. The molecule has 4 rings (SSSR count). The Kier molecular flexibility index (Phi) is 8.39. The van der Waals surface area contributed by atoms with Crippen LogP contribution in [0.15, 0.2) is 0 Å². The summed E-state index contributed by atoms with van der Waals surface area (Å²) in [5, 5.41) is 0. The molecule has 4 bridgehead atoms. The van der Waals surface area contributed by atoms with E-state index < -0.39 is 0 Å². The van der Waals surface area contributed by atoms with Crippen molar-refractivity contribution in [1.29, 1.82) is 0 Å². The molecule has 0 heterocycles. The molecule has 0 nitrogen and oxygen atoms in total. The molecule has 0 radical (unpaired) electrons. The molecule has 0 aromatic carbocycles. The molecule has 0 aromatic heterocycles. The van der Waals surface area contributed by atoms with E-state index >= 15 is 0 Å². The predicted octanol–water partition coefficient (Wildman–Crippen LogP) is 8.93. The van der Waals surface area contributed by atoms with Gasteiger partial charge in [0.2, 0.25) is 0 Å². The van der Waals surface area contributed by atoms with Crippen molar-refractivity contribution in [2.75, 3.05) is 0 Å². The van der Waals surface area contributed by atoms with Crippen molar-refractivity contribution in [3.63, 3.8) is 0 Å². The molecule has 0 aromatic rings. The molecule has 0 saturated heterocycles. The highest BCUT2D eigenvalue weighted by molar-refractivity contribution is 4.85. The lowest BCUT2D eigenvalue weighted by Gasteiger charge is -2.40. The Balaban J connectivity index is 1.81. The van der Waals surface area contributed by atoms with Crippen molar-refractivity contribution >= 4 is 0 Å². The van der Waals surface area contributed by atoms with Crippen LogP contribution in [-0.4, -0.2) is 0 Å². The minimum atomic E-state index is 0.724. The Labute approximate surface area is 165 Å². The van der Waals surface area contributed by atoms with Crippen LogP contribution in [0.5, 0.6) is 0 Å². The highest BCUT2D eigenvalue weighted by atomic mass is 14.4. The zero-order chi connectivity index (χ0) is 18.2. The average molecular weight is 361 g/mol. The summed E-state index contributed by atoms with van der Waals surface area (Å²) >= 11 is 0. The maximum atomic E-state index is 2.53. The Bertz CT molecular complexity index is 357. The van der Waals surface area contributed by atoms with Gasteiger partial charge in [-0.2, -0.15) is 0 Å². The minimum Gasteiger partial charge on any atom is -0.0654 e. The van der Waals surface area contributed by atoms with Crippen LogP contribution in [0.2, 0.25) is 0 Å². The number of rotatable bonds is 2. The molecule has 152 valence electrons. The first-order chi connectivity index (χ1) is 12.7. The molecule has 0 heteroatoms. The molecule has 2 unspecified atom stereocenters. The fraction of sp³-hybridized carbons (Fsp3) is 1.00. The van der Waals surface area contributed by atoms with Gasteiger partial charge in [-0.05, 0) is 67.6 Å². The first kappa shape index (κ1) is 20.7. The lowest BCUT2D eigenvalue weighted by molar-refractivity contribution is 0.124. The zero-order valence-electron chi connectivity index (χ0n) is 18.2. The van der Waals surface area contributed by atoms with Gasteiger partial charge in [-0.3, -0.25) is 0 Å². The second-order valence-corrected chi connectivity index (χ2v) is 10.9. The molecule has 4 saturated carbocycles. The van der Waals surface area contributed by atoms with Crippen molar-refractivity contribution in [2.24, 2.45) is 29.1 Å². The van der Waals surface area contributed by atoms with Crippen molar-refractivity contribution in [1.82, 2.24) is 0 Å². The van der Waals surface area contributed by atoms with Crippen molar-refractivity contribution < 1.29 is 0 Å². The van der Waals surface area contributed by atoms with Gasteiger partial charge in [0.05, 0.1) is 0 Å². The third kappa shape index (κ3) is 6.27. The second kappa shape index (κ2) is 10.5. The van der Waals surface area contributed by atoms with E-state index in [0.717, 1.165) is 29.1 Å². The summed E-state index contributed by atoms with van der Waals surface area (Å²) in [6, 6.07) is 0. The average Bonchev–Trinajstić information content (AvgIpc) is 2.63. The van der Waals surface area contributed by atoms with E-state index in [9.17, 15) is 0 Å². The van der Waals surface area contributed by atoms with Gasteiger partial charge < -0.3 is 0 Å². The Morgan fingerprint density at radius 2 is 1.08 bits per heavy atom. The van der Waals surface area contributed by atoms with E-state index in [1.165, 1.54) is 44.9 Å². The highest BCUT2D eigenvalue weighted by Crippen LogP contribution is 2.46. The Morgan fingerprint density at radius 1 is 0.577 bits per heavy atom. The van der Waals surface area contributed by atoms with E-state index in [1.54, 1.807) is 77.0 Å². The van der Waals surface area contributed by atoms with Gasteiger partial charge in [-0.15, -0.1) is 0 Å². The van der Waals surface area contributed by atoms with Crippen LogP contribution >= 0.6 is 0 Å². The van der Waals surface area contributed by atoms with Gasteiger partial charge in [0.1, 0.15) is 0 Å². The van der Waals surface area contributed by atoms with Crippen LogP contribution in [0.1, 0.15) is 136 Å². The molecule has 4 aliphatic carbocycles. The number of hydrogen-bond donors (Lipinski definition) is 0. The van der Waals surface area contributed by atoms with Gasteiger partial charge in [0.15, 0.2) is 0 Å². The largest absolute Gasteiger partial charge is 0.0654 e. The van der Waals surface area contributed by atoms with Gasteiger partial charge in [-0.25, -0.2) is 0 Å². The van der Waals surface area contributed by atoms with Crippen LogP contribution in [0, 0.1) is 29.1 Å². The van der Waals surface area contributed by atoms with E-state index in [-0.39, 0.29) is 0 Å². The maximum Gasteiger partial charge on any atom is -0.0297 e. The van der Waals surface area contributed by atoms with Crippen molar-refractivity contribution in [3.8, 4) is 0 Å². The SMILES string of the molecule is CCCC12CCCC3CCC(CCCC(C)CCCC(CC3)CC1)CC2. The summed E-state index contributed by atoms with van der Waals surface area (Å²) in [5.74, 6) is 4.15. The lowest BCUT2D eigenvalue weighted by atomic mass is 9.66. The molecule has 0 spiro atoms. The smallest absolute Gasteiger partial charge is 0.0297 e. The van der Waals surface area contributed by atoms with E-state index in [4.69, 9.17) is 0 Å². The zero-order valence-corrected chi connectivity index (χ0v) is 18.2. The summed E-state index contributed by atoms with van der Waals surface area (Å²) in [4.78, 5) is 0. The molecule has 0 amide bonds. The molecular formula is C26H48. The minimum absolute atomic E-state index is 0.724. The molecule has 4 fully saturated rings. The molecular weight excluding hydrogens is 312 g/mol. The van der Waals surface area contributed by atoms with Gasteiger partial charge >= 0.3 is 0 Å². The van der Waals surface area contributed by atoms with Gasteiger partial charge in [0.25, 0.3) is 0 Å². The van der Waals surface area contributed by atoms with Crippen molar-refractivity contribution in [3.05, 3.63) is 0 Å². The monoisotopic (exact) mass is 360 g/mol. The number of hydrogen-bond acceptors (Lipinski definition) is 0. The topological polar surface area (TPSA) is 0 Å². The second-order valence-electron chi connectivity index (χ2n) is 10.9. The molecule has 4 aliphatic rings. The summed E-state index contributed by atoms with van der Waals surface area (Å²) in [7, 11) is 0. The lowest BCUT2D eigenvalue weighted by Crippen LogP contribution is -2.26. The molecule has 2 atom stereocenters. The fourth-order valence-electron chi connectivity index (χ4n) is 6.96. The molecule has 0 aliphatic heterocycles. The van der Waals surface area contributed by atoms with E-state index in [1.807, 2.05) is 0 Å². The quantitative estimate of drug-likeness (QED) is 0.461. The first-order valence-electron chi connectivity index (χ1n) is 12.7. The van der Waals surface area contributed by atoms with E-state index in [2.05, 4.69) is 13.8 Å². The third-order valence-corrected chi connectivity index (χ3v) is 8.85. The molecule has 26 heavy (non-hydrogen) atoms. The predicted molar refractivity (Wildman–Crippen MR) is 115 cm³/mol. The van der Waals surface area contributed by atoms with Crippen LogP contribution < -0.4 is 0 Å².